The first-order chi connectivity index (χ1) is 13.8. The molecule has 0 radical (unpaired) electrons. The lowest BCUT2D eigenvalue weighted by atomic mass is 9.72. The summed E-state index contributed by atoms with van der Waals surface area (Å²) in [6.45, 7) is 9.36. The maximum atomic E-state index is 13.1. The SMILES string of the molecule is CC(C)(C)NC(=O)[C@@H]1C[C@@H]2CCCC[C@@H]2CN1C[C@H](O)CNCC1CCCCC1. The topological polar surface area (TPSA) is 64.6 Å². The third-order valence-electron chi connectivity index (χ3n) is 7.29. The summed E-state index contributed by atoms with van der Waals surface area (Å²) >= 11 is 0. The second-order valence-corrected chi connectivity index (χ2v) is 11.1. The summed E-state index contributed by atoms with van der Waals surface area (Å²) < 4.78 is 0. The molecule has 0 aromatic rings. The first-order valence-corrected chi connectivity index (χ1v) is 12.3. The number of nitrogens with zero attached hydrogens (tertiary/aromatic N) is 1. The molecular weight excluding hydrogens is 362 g/mol. The van der Waals surface area contributed by atoms with Crippen LogP contribution >= 0.6 is 0 Å². The summed E-state index contributed by atoms with van der Waals surface area (Å²) in [5.41, 5.74) is -0.216. The van der Waals surface area contributed by atoms with Gasteiger partial charge in [0.1, 0.15) is 0 Å². The van der Waals surface area contributed by atoms with Crippen molar-refractivity contribution in [3.05, 3.63) is 0 Å². The number of aliphatic hydroxyl groups excluding tert-OH is 1. The highest BCUT2D eigenvalue weighted by molar-refractivity contribution is 5.82. The van der Waals surface area contributed by atoms with E-state index in [1.807, 2.05) is 20.8 Å². The maximum absolute atomic E-state index is 13.1. The first kappa shape index (κ1) is 23.0. The van der Waals surface area contributed by atoms with Crippen LogP contribution in [0.3, 0.4) is 0 Å². The largest absolute Gasteiger partial charge is 0.390 e. The van der Waals surface area contributed by atoms with Crippen LogP contribution in [0.4, 0.5) is 0 Å². The molecule has 0 spiro atoms. The molecule has 0 unspecified atom stereocenters. The molecule has 0 bridgehead atoms. The monoisotopic (exact) mass is 407 g/mol. The van der Waals surface area contributed by atoms with Gasteiger partial charge in [-0.05, 0) is 70.8 Å². The van der Waals surface area contributed by atoms with Crippen molar-refractivity contribution in [2.24, 2.45) is 17.8 Å². The van der Waals surface area contributed by atoms with Gasteiger partial charge in [-0.2, -0.15) is 0 Å². The van der Waals surface area contributed by atoms with Gasteiger partial charge in [0, 0.05) is 25.2 Å². The minimum absolute atomic E-state index is 0.0958. The number of aliphatic hydroxyl groups is 1. The van der Waals surface area contributed by atoms with Crippen molar-refractivity contribution in [2.75, 3.05) is 26.2 Å². The number of rotatable bonds is 7. The van der Waals surface area contributed by atoms with Crippen molar-refractivity contribution in [1.29, 1.82) is 0 Å². The third kappa shape index (κ3) is 7.22. The number of fused-ring (bicyclic) bond motifs is 1. The zero-order chi connectivity index (χ0) is 20.9. The van der Waals surface area contributed by atoms with E-state index >= 15 is 0 Å². The van der Waals surface area contributed by atoms with Crippen LogP contribution < -0.4 is 10.6 Å². The molecule has 2 aliphatic carbocycles. The van der Waals surface area contributed by atoms with Crippen molar-refractivity contribution in [3.63, 3.8) is 0 Å². The lowest BCUT2D eigenvalue weighted by Crippen LogP contribution is -2.59. The lowest BCUT2D eigenvalue weighted by Gasteiger charge is -2.46. The van der Waals surface area contributed by atoms with Crippen molar-refractivity contribution in [3.8, 4) is 0 Å². The van der Waals surface area contributed by atoms with Gasteiger partial charge in [0.25, 0.3) is 0 Å². The highest BCUT2D eigenvalue weighted by atomic mass is 16.3. The zero-order valence-corrected chi connectivity index (χ0v) is 19.1. The average Bonchev–Trinajstić information content (AvgIpc) is 2.67. The number of piperidine rings is 1. The van der Waals surface area contributed by atoms with E-state index in [2.05, 4.69) is 15.5 Å². The molecular formula is C24H45N3O2. The fourth-order valence-corrected chi connectivity index (χ4v) is 5.81. The summed E-state index contributed by atoms with van der Waals surface area (Å²) in [5.74, 6) is 2.30. The second-order valence-electron chi connectivity index (χ2n) is 11.1. The van der Waals surface area contributed by atoms with Gasteiger partial charge in [-0.15, -0.1) is 0 Å². The minimum atomic E-state index is -0.413. The van der Waals surface area contributed by atoms with Gasteiger partial charge in [0.15, 0.2) is 0 Å². The predicted molar refractivity (Wildman–Crippen MR) is 119 cm³/mol. The molecule has 1 amide bonds. The van der Waals surface area contributed by atoms with E-state index in [9.17, 15) is 9.90 Å². The van der Waals surface area contributed by atoms with E-state index in [4.69, 9.17) is 0 Å². The van der Waals surface area contributed by atoms with Gasteiger partial charge >= 0.3 is 0 Å². The van der Waals surface area contributed by atoms with Crippen LogP contribution in [0.5, 0.6) is 0 Å². The second kappa shape index (κ2) is 10.6. The van der Waals surface area contributed by atoms with Gasteiger partial charge in [0.2, 0.25) is 5.91 Å². The van der Waals surface area contributed by atoms with Gasteiger partial charge in [-0.1, -0.05) is 38.5 Å². The summed E-state index contributed by atoms with van der Waals surface area (Å²) in [6.07, 6.45) is 12.5. The van der Waals surface area contributed by atoms with Crippen LogP contribution in [-0.2, 0) is 4.79 Å². The molecule has 1 heterocycles. The minimum Gasteiger partial charge on any atom is -0.390 e. The Kier molecular flexibility index (Phi) is 8.41. The van der Waals surface area contributed by atoms with Gasteiger partial charge in [0.05, 0.1) is 12.1 Å². The summed E-state index contributed by atoms with van der Waals surface area (Å²) in [5, 5.41) is 17.4. The Morgan fingerprint density at radius 3 is 2.38 bits per heavy atom. The molecule has 3 fully saturated rings. The highest BCUT2D eigenvalue weighted by Crippen LogP contribution is 2.38. The summed E-state index contributed by atoms with van der Waals surface area (Å²) in [4.78, 5) is 15.3. The Labute approximate surface area is 178 Å². The van der Waals surface area contributed by atoms with Crippen LogP contribution in [0.15, 0.2) is 0 Å². The smallest absolute Gasteiger partial charge is 0.237 e. The Balaban J connectivity index is 1.53. The quantitative estimate of drug-likeness (QED) is 0.606. The Morgan fingerprint density at radius 1 is 1.03 bits per heavy atom. The van der Waals surface area contributed by atoms with Crippen molar-refractivity contribution in [1.82, 2.24) is 15.5 Å². The summed E-state index contributed by atoms with van der Waals surface area (Å²) in [7, 11) is 0. The Morgan fingerprint density at radius 2 is 1.69 bits per heavy atom. The van der Waals surface area contributed by atoms with E-state index < -0.39 is 6.10 Å². The molecule has 4 atom stereocenters. The fourth-order valence-electron chi connectivity index (χ4n) is 5.81. The maximum Gasteiger partial charge on any atom is 0.237 e. The van der Waals surface area contributed by atoms with E-state index in [-0.39, 0.29) is 17.5 Å². The number of amides is 1. The third-order valence-corrected chi connectivity index (χ3v) is 7.29. The van der Waals surface area contributed by atoms with Crippen LogP contribution in [0, 0.1) is 17.8 Å². The number of β-amino-alcohol motifs (C(OH)–C–C–N with tert-alkyl or cyclic N) is 1. The van der Waals surface area contributed by atoms with E-state index in [1.165, 1.54) is 57.8 Å². The molecule has 1 aliphatic heterocycles. The molecule has 29 heavy (non-hydrogen) atoms. The molecule has 1 saturated heterocycles. The van der Waals surface area contributed by atoms with Crippen molar-refractivity contribution < 1.29 is 9.90 Å². The number of hydrogen-bond donors (Lipinski definition) is 3. The number of carbonyl (C=O) groups excluding carboxylic acids is 1. The standard InChI is InChI=1S/C24H45N3O2/c1-24(2,3)26-23(29)22-13-19-11-7-8-12-20(19)16-27(22)17-21(28)15-25-14-18-9-5-4-6-10-18/h18-22,25,28H,4-17H2,1-3H3,(H,26,29)/t19-,20+,21+,22-/m0/s1. The van der Waals surface area contributed by atoms with Crippen molar-refractivity contribution >= 4 is 5.91 Å². The number of carbonyl (C=O) groups is 1. The van der Waals surface area contributed by atoms with Crippen molar-refractivity contribution in [2.45, 2.75) is 103 Å². The van der Waals surface area contributed by atoms with Gasteiger partial charge < -0.3 is 15.7 Å². The molecule has 168 valence electrons. The van der Waals surface area contributed by atoms with Crippen LogP contribution in [0.1, 0.15) is 85.0 Å². The molecule has 3 N–H and O–H groups in total. The predicted octanol–water partition coefficient (Wildman–Crippen LogP) is 3.31. The van der Waals surface area contributed by atoms with Gasteiger partial charge in [-0.25, -0.2) is 0 Å². The van der Waals surface area contributed by atoms with E-state index in [0.717, 1.165) is 25.4 Å². The Bertz CT molecular complexity index is 513. The molecule has 5 heteroatoms. The molecule has 3 rings (SSSR count). The van der Waals surface area contributed by atoms with E-state index in [0.29, 0.717) is 24.9 Å². The van der Waals surface area contributed by atoms with Crippen LogP contribution in [0.2, 0.25) is 0 Å². The molecule has 5 nitrogen and oxygen atoms in total. The molecule has 0 aromatic heterocycles. The Hall–Kier alpha value is -0.650. The highest BCUT2D eigenvalue weighted by Gasteiger charge is 2.40. The fraction of sp³-hybridized carbons (Fsp3) is 0.958. The zero-order valence-electron chi connectivity index (χ0n) is 19.1. The molecule has 0 aromatic carbocycles. The number of nitrogens with one attached hydrogen (secondary N) is 2. The van der Waals surface area contributed by atoms with Gasteiger partial charge in [-0.3, -0.25) is 9.69 Å². The first-order valence-electron chi connectivity index (χ1n) is 12.3. The van der Waals surface area contributed by atoms with Crippen LogP contribution in [-0.4, -0.2) is 59.8 Å². The number of hydrogen-bond acceptors (Lipinski definition) is 4. The molecule has 2 saturated carbocycles. The molecule has 3 aliphatic rings. The summed E-state index contributed by atoms with van der Waals surface area (Å²) in [6, 6.07) is -0.0958. The van der Waals surface area contributed by atoms with Crippen LogP contribution in [0.25, 0.3) is 0 Å². The number of likely N-dealkylation sites (tertiary alicyclic amines) is 1. The normalized spacial score (nSPS) is 30.6. The average molecular weight is 408 g/mol. The van der Waals surface area contributed by atoms with E-state index in [1.54, 1.807) is 0 Å². The lowest BCUT2D eigenvalue weighted by molar-refractivity contribution is -0.132.